The number of aliphatic hydroxyl groups excluding tert-OH is 1. The first-order chi connectivity index (χ1) is 11.1. The van der Waals surface area contributed by atoms with Crippen molar-refractivity contribution in [2.45, 2.75) is 52.4 Å². The Hall–Kier alpha value is -2.26. The molecule has 0 fully saturated rings. The van der Waals surface area contributed by atoms with Crippen molar-refractivity contribution in [3.05, 3.63) is 29.6 Å². The first-order valence-corrected chi connectivity index (χ1v) is 7.69. The van der Waals surface area contributed by atoms with Gasteiger partial charge in [0.2, 0.25) is 0 Å². The lowest BCUT2D eigenvalue weighted by atomic mass is 10.2. The van der Waals surface area contributed by atoms with Gasteiger partial charge in [0, 0.05) is 6.07 Å². The number of rotatable bonds is 4. The van der Waals surface area contributed by atoms with Crippen molar-refractivity contribution in [1.82, 2.24) is 5.32 Å². The molecule has 2 N–H and O–H groups in total. The number of carbonyl (C=O) groups is 1. The van der Waals surface area contributed by atoms with Crippen LogP contribution in [0.5, 0.6) is 5.75 Å². The number of carbonyl (C=O) groups excluding carboxylic acids is 1. The summed E-state index contributed by atoms with van der Waals surface area (Å²) in [5, 5.41) is 11.6. The summed E-state index contributed by atoms with van der Waals surface area (Å²) in [7, 11) is 0. The molecule has 0 saturated heterocycles. The van der Waals surface area contributed by atoms with Crippen molar-refractivity contribution >= 4 is 6.09 Å². The van der Waals surface area contributed by atoms with Crippen LogP contribution < -0.4 is 10.1 Å². The summed E-state index contributed by atoms with van der Waals surface area (Å²) in [5.41, 5.74) is -0.121. The van der Waals surface area contributed by atoms with E-state index in [-0.39, 0.29) is 12.4 Å². The van der Waals surface area contributed by atoms with E-state index in [2.05, 4.69) is 17.2 Å². The van der Waals surface area contributed by atoms with Crippen molar-refractivity contribution in [2.24, 2.45) is 0 Å². The smallest absolute Gasteiger partial charge is 0.408 e. The van der Waals surface area contributed by atoms with Gasteiger partial charge in [0.05, 0.1) is 18.2 Å². The van der Waals surface area contributed by atoms with E-state index in [0.29, 0.717) is 5.56 Å². The van der Waals surface area contributed by atoms with Gasteiger partial charge in [-0.05, 0) is 46.8 Å². The summed E-state index contributed by atoms with van der Waals surface area (Å²) in [5.74, 6) is 5.47. The average molecular weight is 337 g/mol. The highest BCUT2D eigenvalue weighted by atomic mass is 19.1. The second kappa shape index (κ2) is 8.55. The van der Waals surface area contributed by atoms with Crippen LogP contribution in [0.15, 0.2) is 18.2 Å². The third kappa shape index (κ3) is 7.34. The normalized spacial score (nSPS) is 13.3. The summed E-state index contributed by atoms with van der Waals surface area (Å²) < 4.78 is 24.0. The van der Waals surface area contributed by atoms with Crippen LogP contribution in [0, 0.1) is 17.7 Å². The molecular formula is C18H24FNO4. The molecule has 132 valence electrons. The summed E-state index contributed by atoms with van der Waals surface area (Å²) in [6.45, 7) is 8.49. The quantitative estimate of drug-likeness (QED) is 0.829. The molecule has 0 spiro atoms. The van der Waals surface area contributed by atoms with Crippen LogP contribution in [0.2, 0.25) is 0 Å². The van der Waals surface area contributed by atoms with Gasteiger partial charge in [-0.3, -0.25) is 0 Å². The molecule has 0 unspecified atom stereocenters. The number of nitrogens with one attached hydrogen (secondary N) is 1. The van der Waals surface area contributed by atoms with Gasteiger partial charge in [-0.25, -0.2) is 9.18 Å². The van der Waals surface area contributed by atoms with Crippen LogP contribution in [-0.4, -0.2) is 35.6 Å². The van der Waals surface area contributed by atoms with Gasteiger partial charge in [-0.1, -0.05) is 11.8 Å². The molecule has 5 nitrogen and oxygen atoms in total. The lowest BCUT2D eigenvalue weighted by molar-refractivity contribution is 0.0519. The number of aliphatic hydroxyl groups is 1. The molecule has 0 aliphatic rings. The number of amides is 1. The highest BCUT2D eigenvalue weighted by Gasteiger charge is 2.17. The highest BCUT2D eigenvalue weighted by Crippen LogP contribution is 2.20. The number of benzene rings is 1. The Balaban J connectivity index is 2.82. The number of halogens is 1. The zero-order valence-electron chi connectivity index (χ0n) is 14.6. The van der Waals surface area contributed by atoms with Gasteiger partial charge in [-0.15, -0.1) is 0 Å². The van der Waals surface area contributed by atoms with Gasteiger partial charge < -0.3 is 19.9 Å². The Labute approximate surface area is 142 Å². The van der Waals surface area contributed by atoms with Gasteiger partial charge in [0.25, 0.3) is 0 Å². The molecule has 6 heteroatoms. The molecule has 0 saturated carbocycles. The van der Waals surface area contributed by atoms with E-state index in [1.807, 2.05) is 0 Å². The third-order valence-corrected chi connectivity index (χ3v) is 2.69. The molecule has 0 aromatic heterocycles. The van der Waals surface area contributed by atoms with E-state index in [0.717, 1.165) is 0 Å². The van der Waals surface area contributed by atoms with Crippen molar-refractivity contribution in [3.63, 3.8) is 0 Å². The van der Waals surface area contributed by atoms with Crippen molar-refractivity contribution in [2.75, 3.05) is 6.61 Å². The number of hydrogen-bond donors (Lipinski definition) is 2. The monoisotopic (exact) mass is 337 g/mol. The van der Waals surface area contributed by atoms with Gasteiger partial charge in [0.15, 0.2) is 0 Å². The number of hydrogen-bond acceptors (Lipinski definition) is 4. The van der Waals surface area contributed by atoms with Gasteiger partial charge in [-0.2, -0.15) is 0 Å². The zero-order chi connectivity index (χ0) is 18.3. The number of alkyl carbamates (subject to hydrolysis) is 1. The van der Waals surface area contributed by atoms with E-state index in [1.54, 1.807) is 34.6 Å². The first-order valence-electron chi connectivity index (χ1n) is 7.69. The zero-order valence-corrected chi connectivity index (χ0v) is 14.6. The third-order valence-electron chi connectivity index (χ3n) is 2.69. The molecule has 1 aromatic carbocycles. The molecular weight excluding hydrogens is 313 g/mol. The minimum atomic E-state index is -0.588. The average Bonchev–Trinajstić information content (AvgIpc) is 2.44. The van der Waals surface area contributed by atoms with Gasteiger partial charge >= 0.3 is 6.09 Å². The lowest BCUT2D eigenvalue weighted by Crippen LogP contribution is -2.37. The summed E-state index contributed by atoms with van der Waals surface area (Å²) in [6.07, 6.45) is -1.04. The van der Waals surface area contributed by atoms with Crippen molar-refractivity contribution < 1.29 is 23.8 Å². The fraction of sp³-hybridized carbons (Fsp3) is 0.500. The second-order valence-electron chi connectivity index (χ2n) is 6.39. The maximum absolute atomic E-state index is 13.4. The SMILES string of the molecule is C[C@H](C#Cc1ccc(F)cc1O[C@@H](C)CO)NC(=O)OC(C)(C)C. The maximum Gasteiger partial charge on any atom is 0.408 e. The van der Waals surface area contributed by atoms with E-state index >= 15 is 0 Å². The van der Waals surface area contributed by atoms with E-state index < -0.39 is 29.7 Å². The molecule has 0 heterocycles. The minimum Gasteiger partial charge on any atom is -0.487 e. The van der Waals surface area contributed by atoms with Crippen LogP contribution >= 0.6 is 0 Å². The van der Waals surface area contributed by atoms with Crippen LogP contribution in [0.25, 0.3) is 0 Å². The Morgan fingerprint density at radius 1 is 1.38 bits per heavy atom. The van der Waals surface area contributed by atoms with Crippen molar-refractivity contribution in [3.8, 4) is 17.6 Å². The Kier molecular flexibility index (Phi) is 7.05. The summed E-state index contributed by atoms with van der Waals surface area (Å²) >= 11 is 0. The Morgan fingerprint density at radius 3 is 2.62 bits per heavy atom. The topological polar surface area (TPSA) is 67.8 Å². The molecule has 1 aromatic rings. The molecule has 0 radical (unpaired) electrons. The predicted molar refractivity (Wildman–Crippen MR) is 89.3 cm³/mol. The molecule has 0 bridgehead atoms. The minimum absolute atomic E-state index is 0.194. The summed E-state index contributed by atoms with van der Waals surface area (Å²) in [4.78, 5) is 11.7. The van der Waals surface area contributed by atoms with E-state index in [9.17, 15) is 9.18 Å². The fourth-order valence-electron chi connectivity index (χ4n) is 1.66. The maximum atomic E-state index is 13.4. The van der Waals surface area contributed by atoms with E-state index in [4.69, 9.17) is 14.6 Å². The van der Waals surface area contributed by atoms with Crippen LogP contribution in [0.3, 0.4) is 0 Å². The Bertz CT molecular complexity index is 628. The number of ether oxygens (including phenoxy) is 2. The van der Waals surface area contributed by atoms with Crippen LogP contribution in [0.4, 0.5) is 9.18 Å². The lowest BCUT2D eigenvalue weighted by Gasteiger charge is -2.20. The molecule has 2 atom stereocenters. The van der Waals surface area contributed by atoms with Crippen LogP contribution in [-0.2, 0) is 4.74 Å². The molecule has 24 heavy (non-hydrogen) atoms. The molecule has 0 aliphatic carbocycles. The van der Waals surface area contributed by atoms with Crippen molar-refractivity contribution in [1.29, 1.82) is 0 Å². The molecule has 0 aliphatic heterocycles. The second-order valence-corrected chi connectivity index (χ2v) is 6.39. The fourth-order valence-corrected chi connectivity index (χ4v) is 1.66. The highest BCUT2D eigenvalue weighted by molar-refractivity contribution is 5.68. The molecule has 1 amide bonds. The predicted octanol–water partition coefficient (Wildman–Crippen LogP) is 2.85. The first kappa shape index (κ1) is 19.8. The standard InChI is InChI=1S/C18H24FNO4/c1-12(20-17(22)24-18(3,4)5)6-7-14-8-9-15(19)10-16(14)23-13(2)11-21/h8-10,12-13,21H,11H2,1-5H3,(H,20,22)/t12-,13+/m1/s1. The Morgan fingerprint density at radius 2 is 2.04 bits per heavy atom. The summed E-state index contributed by atoms with van der Waals surface area (Å²) in [6, 6.07) is 3.50. The largest absolute Gasteiger partial charge is 0.487 e. The van der Waals surface area contributed by atoms with E-state index in [1.165, 1.54) is 18.2 Å². The molecule has 1 rings (SSSR count). The van der Waals surface area contributed by atoms with Gasteiger partial charge in [0.1, 0.15) is 23.3 Å². The van der Waals surface area contributed by atoms with Crippen LogP contribution in [0.1, 0.15) is 40.2 Å².